The lowest BCUT2D eigenvalue weighted by atomic mass is 10.3. The zero-order valence-electron chi connectivity index (χ0n) is 6.40. The van der Waals surface area contributed by atoms with Gasteiger partial charge in [0.05, 0.1) is 22.7 Å². The highest BCUT2D eigenvalue weighted by Crippen LogP contribution is 2.35. The Labute approximate surface area is 81.4 Å². The maximum atomic E-state index is 12.0. The first-order chi connectivity index (χ1) is 6.08. The van der Waals surface area contributed by atoms with Crippen LogP contribution >= 0.6 is 0 Å². The molecule has 2 unspecified atom stereocenters. The van der Waals surface area contributed by atoms with Crippen LogP contribution in [-0.2, 0) is 31.1 Å². The van der Waals surface area contributed by atoms with Gasteiger partial charge in [-0.05, 0) is 0 Å². The third-order valence-electron chi connectivity index (χ3n) is 0.969. The van der Waals surface area contributed by atoms with Gasteiger partial charge in [0.1, 0.15) is 0 Å². The van der Waals surface area contributed by atoms with E-state index >= 15 is 0 Å². The second kappa shape index (κ2) is 4.63. The second-order valence-electron chi connectivity index (χ2n) is 2.02. The average molecular weight is 256 g/mol. The molecule has 14 heavy (non-hydrogen) atoms. The summed E-state index contributed by atoms with van der Waals surface area (Å²) in [4.78, 5) is 0. The maximum absolute atomic E-state index is 12.0. The van der Waals surface area contributed by atoms with Crippen LogP contribution in [0.5, 0.6) is 0 Å². The SMILES string of the molecule is CC(OS(=O)[O-])(OS(=O)[O-])C(F)(F)F. The molecular formula is C3H3F3O6S2-2. The maximum Gasteiger partial charge on any atom is 0.444 e. The van der Waals surface area contributed by atoms with Crippen LogP contribution in [0.4, 0.5) is 13.2 Å². The van der Waals surface area contributed by atoms with Crippen molar-refractivity contribution in [2.24, 2.45) is 0 Å². The van der Waals surface area contributed by atoms with Crippen LogP contribution in [0, 0.1) is 0 Å². The average Bonchev–Trinajstić information content (AvgIpc) is 1.78. The Hall–Kier alpha value is -0.0700. The Morgan fingerprint density at radius 2 is 1.36 bits per heavy atom. The summed E-state index contributed by atoms with van der Waals surface area (Å²) in [6.45, 7) is 0.110. The van der Waals surface area contributed by atoms with E-state index in [9.17, 15) is 30.7 Å². The molecule has 0 aromatic rings. The minimum Gasteiger partial charge on any atom is -0.750 e. The lowest BCUT2D eigenvalue weighted by molar-refractivity contribution is -0.311. The molecule has 0 saturated carbocycles. The van der Waals surface area contributed by atoms with Crippen LogP contribution in [0.3, 0.4) is 0 Å². The lowest BCUT2D eigenvalue weighted by Crippen LogP contribution is -2.48. The van der Waals surface area contributed by atoms with Gasteiger partial charge in [-0.3, -0.25) is 8.37 Å². The Morgan fingerprint density at radius 1 is 1.07 bits per heavy atom. The van der Waals surface area contributed by atoms with Crippen LogP contribution in [0.2, 0.25) is 0 Å². The summed E-state index contributed by atoms with van der Waals surface area (Å²) in [5, 5.41) is 0. The minimum absolute atomic E-state index is 0.110. The van der Waals surface area contributed by atoms with Crippen molar-refractivity contribution in [1.29, 1.82) is 0 Å². The first-order valence-corrected chi connectivity index (χ1v) is 4.73. The van der Waals surface area contributed by atoms with Crippen molar-refractivity contribution >= 4 is 22.7 Å². The Bertz CT molecular complexity index is 235. The number of hydrogen-bond donors (Lipinski definition) is 0. The van der Waals surface area contributed by atoms with Crippen molar-refractivity contribution in [1.82, 2.24) is 0 Å². The van der Waals surface area contributed by atoms with E-state index in [-0.39, 0.29) is 6.92 Å². The number of alkyl halides is 3. The molecule has 0 radical (unpaired) electrons. The molecular weight excluding hydrogens is 253 g/mol. The summed E-state index contributed by atoms with van der Waals surface area (Å²) >= 11 is -7.13. The molecule has 0 aliphatic heterocycles. The van der Waals surface area contributed by atoms with Gasteiger partial charge in [0.2, 0.25) is 0 Å². The number of hydrogen-bond acceptors (Lipinski definition) is 6. The minimum atomic E-state index is -5.31. The fraction of sp³-hybridized carbons (Fsp3) is 1.00. The molecule has 0 aliphatic carbocycles. The quantitative estimate of drug-likeness (QED) is 0.514. The number of halogens is 3. The normalized spacial score (nSPS) is 21.3. The van der Waals surface area contributed by atoms with Crippen LogP contribution in [0.1, 0.15) is 6.92 Å². The van der Waals surface area contributed by atoms with Crippen molar-refractivity contribution < 1.29 is 39.1 Å². The van der Waals surface area contributed by atoms with Crippen LogP contribution in [-0.4, -0.2) is 29.5 Å². The standard InChI is InChI=1S/C3H5F3O6S2/c1-2(3(4,5)6,11-13(7)8)12-14(9)10/h1H3,(H,7,8)(H,9,10)/p-2. The number of rotatable bonds is 4. The van der Waals surface area contributed by atoms with E-state index in [0.29, 0.717) is 0 Å². The van der Waals surface area contributed by atoms with Crippen LogP contribution in [0.15, 0.2) is 0 Å². The summed E-state index contributed by atoms with van der Waals surface area (Å²) in [6.07, 6.45) is -5.31. The summed E-state index contributed by atoms with van der Waals surface area (Å²) in [5.41, 5.74) is 0. The van der Waals surface area contributed by atoms with Gasteiger partial charge in [-0.2, -0.15) is 13.2 Å². The molecule has 0 amide bonds. The third kappa shape index (κ3) is 3.98. The van der Waals surface area contributed by atoms with Crippen molar-refractivity contribution in [3.8, 4) is 0 Å². The second-order valence-corrected chi connectivity index (χ2v) is 3.17. The van der Waals surface area contributed by atoms with E-state index in [1.165, 1.54) is 0 Å². The topological polar surface area (TPSA) is 98.7 Å². The highest BCUT2D eigenvalue weighted by atomic mass is 32.2. The van der Waals surface area contributed by atoms with E-state index < -0.39 is 34.7 Å². The van der Waals surface area contributed by atoms with Crippen molar-refractivity contribution in [2.75, 3.05) is 0 Å². The predicted molar refractivity (Wildman–Crippen MR) is 34.5 cm³/mol. The molecule has 0 heterocycles. The van der Waals surface area contributed by atoms with E-state index in [2.05, 4.69) is 8.37 Å². The molecule has 0 bridgehead atoms. The van der Waals surface area contributed by atoms with Gasteiger partial charge < -0.3 is 9.11 Å². The highest BCUT2D eigenvalue weighted by Gasteiger charge is 2.55. The van der Waals surface area contributed by atoms with Crippen molar-refractivity contribution in [3.05, 3.63) is 0 Å². The van der Waals surface area contributed by atoms with E-state index in [1.54, 1.807) is 0 Å². The summed E-state index contributed by atoms with van der Waals surface area (Å²) < 4.78 is 82.0. The van der Waals surface area contributed by atoms with Crippen molar-refractivity contribution in [2.45, 2.75) is 18.9 Å². The Morgan fingerprint density at radius 3 is 1.50 bits per heavy atom. The third-order valence-corrected chi connectivity index (χ3v) is 1.88. The molecule has 0 aliphatic rings. The first kappa shape index (κ1) is 13.9. The van der Waals surface area contributed by atoms with Crippen LogP contribution < -0.4 is 0 Å². The summed E-state index contributed by atoms with van der Waals surface area (Å²) in [7, 11) is 0. The molecule has 6 nitrogen and oxygen atoms in total. The summed E-state index contributed by atoms with van der Waals surface area (Å²) in [5.74, 6) is -3.74. The van der Waals surface area contributed by atoms with E-state index in [4.69, 9.17) is 0 Å². The monoisotopic (exact) mass is 256 g/mol. The zero-order chi connectivity index (χ0) is 11.6. The van der Waals surface area contributed by atoms with Crippen molar-refractivity contribution in [3.63, 3.8) is 0 Å². The molecule has 2 atom stereocenters. The fourth-order valence-corrected chi connectivity index (χ4v) is 1.19. The molecule has 11 heteroatoms. The van der Waals surface area contributed by atoms with Gasteiger partial charge in [-0.1, -0.05) is 0 Å². The van der Waals surface area contributed by atoms with E-state index in [0.717, 1.165) is 0 Å². The van der Waals surface area contributed by atoms with Gasteiger partial charge in [0, 0.05) is 6.92 Å². The van der Waals surface area contributed by atoms with Gasteiger partial charge >= 0.3 is 6.18 Å². The van der Waals surface area contributed by atoms with Gasteiger partial charge in [0.15, 0.2) is 0 Å². The molecule has 86 valence electrons. The molecule has 0 rings (SSSR count). The molecule has 0 aromatic heterocycles. The van der Waals surface area contributed by atoms with Gasteiger partial charge in [-0.25, -0.2) is 8.42 Å². The Kier molecular flexibility index (Phi) is 4.61. The Balaban J connectivity index is 4.85. The van der Waals surface area contributed by atoms with E-state index in [1.807, 2.05) is 0 Å². The zero-order valence-corrected chi connectivity index (χ0v) is 8.03. The highest BCUT2D eigenvalue weighted by molar-refractivity contribution is 7.74. The smallest absolute Gasteiger partial charge is 0.444 e. The fourth-order valence-electron chi connectivity index (χ4n) is 0.368. The van der Waals surface area contributed by atoms with Gasteiger partial charge in [0.25, 0.3) is 5.79 Å². The molecule has 0 aromatic carbocycles. The molecule has 0 N–H and O–H groups in total. The lowest BCUT2D eigenvalue weighted by Gasteiger charge is -2.31. The molecule has 0 fully saturated rings. The first-order valence-electron chi connectivity index (χ1n) is 2.73. The largest absolute Gasteiger partial charge is 0.750 e. The predicted octanol–water partition coefficient (Wildman–Crippen LogP) is -0.114. The molecule has 0 spiro atoms. The summed E-state index contributed by atoms with van der Waals surface area (Å²) in [6, 6.07) is 0. The van der Waals surface area contributed by atoms with Crippen LogP contribution in [0.25, 0.3) is 0 Å². The van der Waals surface area contributed by atoms with Gasteiger partial charge in [-0.15, -0.1) is 0 Å². The molecule has 0 saturated heterocycles.